The SMILES string of the molecule is NCC1(c2cccs2)CCCC1. The molecule has 0 bridgehead atoms. The molecule has 1 aromatic rings. The van der Waals surface area contributed by atoms with Crippen molar-refractivity contribution in [3.05, 3.63) is 22.4 Å². The molecule has 12 heavy (non-hydrogen) atoms. The molecule has 0 unspecified atom stereocenters. The van der Waals surface area contributed by atoms with Gasteiger partial charge >= 0.3 is 0 Å². The van der Waals surface area contributed by atoms with Gasteiger partial charge in [-0.15, -0.1) is 11.3 Å². The standard InChI is InChI=1S/C10H15NS/c11-8-10(5-1-2-6-10)9-4-3-7-12-9/h3-4,7H,1-2,5-6,8,11H2. The lowest BCUT2D eigenvalue weighted by molar-refractivity contribution is 0.462. The van der Waals surface area contributed by atoms with Crippen molar-refractivity contribution in [2.24, 2.45) is 5.73 Å². The van der Waals surface area contributed by atoms with E-state index in [0.29, 0.717) is 5.41 Å². The monoisotopic (exact) mass is 181 g/mol. The van der Waals surface area contributed by atoms with Gasteiger partial charge in [-0.05, 0) is 24.3 Å². The highest BCUT2D eigenvalue weighted by Crippen LogP contribution is 2.41. The van der Waals surface area contributed by atoms with Crippen LogP contribution in [0, 0.1) is 0 Å². The van der Waals surface area contributed by atoms with Crippen LogP contribution >= 0.6 is 11.3 Å². The van der Waals surface area contributed by atoms with Gasteiger partial charge in [0.2, 0.25) is 0 Å². The number of hydrogen-bond acceptors (Lipinski definition) is 2. The van der Waals surface area contributed by atoms with Gasteiger partial charge in [0.05, 0.1) is 0 Å². The molecule has 0 aliphatic heterocycles. The fourth-order valence-corrected chi connectivity index (χ4v) is 3.18. The Hall–Kier alpha value is -0.340. The minimum Gasteiger partial charge on any atom is -0.330 e. The van der Waals surface area contributed by atoms with Gasteiger partial charge < -0.3 is 5.73 Å². The second kappa shape index (κ2) is 3.19. The molecule has 2 rings (SSSR count). The lowest BCUT2D eigenvalue weighted by Crippen LogP contribution is -2.30. The van der Waals surface area contributed by atoms with Crippen molar-refractivity contribution in [3.63, 3.8) is 0 Å². The van der Waals surface area contributed by atoms with Crippen LogP contribution in [0.25, 0.3) is 0 Å². The Morgan fingerprint density at radius 3 is 2.67 bits per heavy atom. The van der Waals surface area contributed by atoms with E-state index >= 15 is 0 Å². The molecule has 0 atom stereocenters. The van der Waals surface area contributed by atoms with E-state index in [1.165, 1.54) is 30.6 Å². The molecule has 2 heteroatoms. The van der Waals surface area contributed by atoms with E-state index < -0.39 is 0 Å². The summed E-state index contributed by atoms with van der Waals surface area (Å²) in [5.74, 6) is 0. The number of thiophene rings is 1. The molecule has 1 aliphatic carbocycles. The smallest absolute Gasteiger partial charge is 0.0169 e. The first-order valence-electron chi connectivity index (χ1n) is 4.61. The molecule has 1 fully saturated rings. The van der Waals surface area contributed by atoms with E-state index in [0.717, 1.165) is 6.54 Å². The fourth-order valence-electron chi connectivity index (χ4n) is 2.18. The van der Waals surface area contributed by atoms with Crippen molar-refractivity contribution in [1.82, 2.24) is 0 Å². The average Bonchev–Trinajstić information content (AvgIpc) is 2.76. The zero-order valence-electron chi connectivity index (χ0n) is 7.25. The molecule has 1 saturated carbocycles. The number of hydrogen-bond donors (Lipinski definition) is 1. The maximum Gasteiger partial charge on any atom is 0.0169 e. The van der Waals surface area contributed by atoms with Gasteiger partial charge in [0.15, 0.2) is 0 Å². The van der Waals surface area contributed by atoms with Gasteiger partial charge in [-0.2, -0.15) is 0 Å². The normalized spacial score (nSPS) is 21.4. The predicted octanol–water partition coefficient (Wildman–Crippen LogP) is 2.52. The third-order valence-corrected chi connectivity index (χ3v) is 4.11. The van der Waals surface area contributed by atoms with Crippen molar-refractivity contribution in [2.45, 2.75) is 31.1 Å². The summed E-state index contributed by atoms with van der Waals surface area (Å²) in [6.07, 6.45) is 5.30. The van der Waals surface area contributed by atoms with E-state index in [2.05, 4.69) is 17.5 Å². The van der Waals surface area contributed by atoms with Crippen LogP contribution in [0.1, 0.15) is 30.6 Å². The molecule has 0 spiro atoms. The molecule has 66 valence electrons. The minimum atomic E-state index is 0.355. The highest BCUT2D eigenvalue weighted by molar-refractivity contribution is 7.10. The third-order valence-electron chi connectivity index (χ3n) is 3.00. The molecule has 0 saturated heterocycles. The summed E-state index contributed by atoms with van der Waals surface area (Å²) in [4.78, 5) is 1.50. The van der Waals surface area contributed by atoms with Crippen LogP contribution in [0.3, 0.4) is 0 Å². The van der Waals surface area contributed by atoms with Gasteiger partial charge in [0.25, 0.3) is 0 Å². The summed E-state index contributed by atoms with van der Waals surface area (Å²) in [6, 6.07) is 4.37. The summed E-state index contributed by atoms with van der Waals surface area (Å²) >= 11 is 1.86. The van der Waals surface area contributed by atoms with E-state index in [9.17, 15) is 0 Å². The topological polar surface area (TPSA) is 26.0 Å². The van der Waals surface area contributed by atoms with E-state index in [-0.39, 0.29) is 0 Å². The maximum absolute atomic E-state index is 5.87. The minimum absolute atomic E-state index is 0.355. The third kappa shape index (κ3) is 1.19. The Bertz CT molecular complexity index is 234. The van der Waals surface area contributed by atoms with Crippen LogP contribution in [0.2, 0.25) is 0 Å². The molecular formula is C10H15NS. The van der Waals surface area contributed by atoms with Crippen LogP contribution in [-0.2, 0) is 5.41 Å². The van der Waals surface area contributed by atoms with Crippen LogP contribution in [0.5, 0.6) is 0 Å². The summed E-state index contributed by atoms with van der Waals surface area (Å²) in [7, 11) is 0. The van der Waals surface area contributed by atoms with Crippen molar-refractivity contribution < 1.29 is 0 Å². The second-order valence-electron chi connectivity index (χ2n) is 3.67. The molecular weight excluding hydrogens is 166 g/mol. The second-order valence-corrected chi connectivity index (χ2v) is 4.62. The summed E-state index contributed by atoms with van der Waals surface area (Å²) in [5.41, 5.74) is 6.22. The summed E-state index contributed by atoms with van der Waals surface area (Å²) in [6.45, 7) is 0.827. The van der Waals surface area contributed by atoms with Crippen LogP contribution in [-0.4, -0.2) is 6.54 Å². The first kappa shape index (κ1) is 8.27. The van der Waals surface area contributed by atoms with Crippen molar-refractivity contribution in [3.8, 4) is 0 Å². The molecule has 0 radical (unpaired) electrons. The van der Waals surface area contributed by atoms with E-state index in [1.54, 1.807) is 0 Å². The maximum atomic E-state index is 5.87. The van der Waals surface area contributed by atoms with Crippen LogP contribution in [0.15, 0.2) is 17.5 Å². The average molecular weight is 181 g/mol. The molecule has 1 nitrogen and oxygen atoms in total. The van der Waals surface area contributed by atoms with Gasteiger partial charge in [-0.3, -0.25) is 0 Å². The molecule has 1 heterocycles. The Morgan fingerprint density at radius 1 is 1.42 bits per heavy atom. The zero-order valence-corrected chi connectivity index (χ0v) is 8.07. The van der Waals surface area contributed by atoms with Gasteiger partial charge in [-0.1, -0.05) is 18.9 Å². The summed E-state index contributed by atoms with van der Waals surface area (Å²) < 4.78 is 0. The lowest BCUT2D eigenvalue weighted by atomic mass is 9.85. The molecule has 2 N–H and O–H groups in total. The summed E-state index contributed by atoms with van der Waals surface area (Å²) in [5, 5.41) is 2.16. The largest absolute Gasteiger partial charge is 0.330 e. The van der Waals surface area contributed by atoms with Gasteiger partial charge in [-0.25, -0.2) is 0 Å². The van der Waals surface area contributed by atoms with Gasteiger partial charge in [0.1, 0.15) is 0 Å². The first-order valence-corrected chi connectivity index (χ1v) is 5.49. The molecule has 0 amide bonds. The van der Waals surface area contributed by atoms with E-state index in [4.69, 9.17) is 5.73 Å². The highest BCUT2D eigenvalue weighted by atomic mass is 32.1. The highest BCUT2D eigenvalue weighted by Gasteiger charge is 2.34. The number of rotatable bonds is 2. The molecule has 1 aliphatic rings. The Morgan fingerprint density at radius 2 is 2.17 bits per heavy atom. The quantitative estimate of drug-likeness (QED) is 0.745. The zero-order chi connectivity index (χ0) is 8.44. The Kier molecular flexibility index (Phi) is 2.20. The predicted molar refractivity (Wildman–Crippen MR) is 53.5 cm³/mol. The van der Waals surface area contributed by atoms with Gasteiger partial charge in [0, 0.05) is 16.8 Å². The Labute approximate surface area is 77.6 Å². The lowest BCUT2D eigenvalue weighted by Gasteiger charge is -2.25. The van der Waals surface area contributed by atoms with Crippen molar-refractivity contribution >= 4 is 11.3 Å². The van der Waals surface area contributed by atoms with Crippen molar-refractivity contribution in [1.29, 1.82) is 0 Å². The molecule has 0 aromatic carbocycles. The fraction of sp³-hybridized carbons (Fsp3) is 0.600. The molecule has 1 aromatic heterocycles. The first-order chi connectivity index (χ1) is 5.87. The van der Waals surface area contributed by atoms with Crippen LogP contribution < -0.4 is 5.73 Å². The van der Waals surface area contributed by atoms with E-state index in [1.807, 2.05) is 11.3 Å². The van der Waals surface area contributed by atoms with Crippen LogP contribution in [0.4, 0.5) is 0 Å². The Balaban J connectivity index is 2.28. The van der Waals surface area contributed by atoms with Crippen molar-refractivity contribution in [2.75, 3.05) is 6.54 Å². The number of nitrogens with two attached hydrogens (primary N) is 1.